The third kappa shape index (κ3) is 4.53. The van der Waals surface area contributed by atoms with E-state index in [4.69, 9.17) is 16.7 Å². The zero-order valence-corrected chi connectivity index (χ0v) is 18.9. The van der Waals surface area contributed by atoms with Crippen LogP contribution in [0.5, 0.6) is 0 Å². The average Bonchev–Trinajstić information content (AvgIpc) is 3.35. The van der Waals surface area contributed by atoms with E-state index in [1.165, 1.54) is 0 Å². The van der Waals surface area contributed by atoms with Crippen LogP contribution in [0.25, 0.3) is 21.0 Å². The van der Waals surface area contributed by atoms with Crippen molar-refractivity contribution in [3.05, 3.63) is 53.7 Å². The fourth-order valence-corrected chi connectivity index (χ4v) is 5.55. The molecule has 1 N–H and O–H groups in total. The molecule has 0 bridgehead atoms. The van der Waals surface area contributed by atoms with Gasteiger partial charge in [0.15, 0.2) is 0 Å². The third-order valence-corrected chi connectivity index (χ3v) is 7.33. The van der Waals surface area contributed by atoms with Crippen LogP contribution in [-0.4, -0.2) is 26.0 Å². The summed E-state index contributed by atoms with van der Waals surface area (Å²) in [5.74, 6) is 0.164. The molecular formula is C24H27ClN2O2S. The van der Waals surface area contributed by atoms with Gasteiger partial charge in [-0.2, -0.15) is 5.10 Å². The Labute approximate surface area is 186 Å². The van der Waals surface area contributed by atoms with E-state index in [1.54, 1.807) is 25.2 Å². The molecule has 1 aromatic carbocycles. The number of hydrogen-bond donors (Lipinski definition) is 1. The zero-order valence-electron chi connectivity index (χ0n) is 17.3. The summed E-state index contributed by atoms with van der Waals surface area (Å²) in [5.41, 5.74) is 3.83. The van der Waals surface area contributed by atoms with Crippen molar-refractivity contribution < 1.29 is 9.90 Å². The maximum absolute atomic E-state index is 11.5. The predicted molar refractivity (Wildman–Crippen MR) is 123 cm³/mol. The van der Waals surface area contributed by atoms with Gasteiger partial charge >= 0.3 is 0 Å². The summed E-state index contributed by atoms with van der Waals surface area (Å²) in [6.45, 7) is 3.36. The molecule has 1 fully saturated rings. The topological polar surface area (TPSA) is 55.1 Å². The lowest BCUT2D eigenvalue weighted by Gasteiger charge is -2.28. The Morgan fingerprint density at radius 3 is 2.73 bits per heavy atom. The summed E-state index contributed by atoms with van der Waals surface area (Å²) >= 11 is 8.38. The molecule has 3 aromatic rings. The number of rotatable bonds is 6. The Hall–Kier alpha value is -1.95. The van der Waals surface area contributed by atoms with Crippen LogP contribution < -0.4 is 0 Å². The molecule has 0 aliphatic heterocycles. The van der Waals surface area contributed by atoms with E-state index in [9.17, 15) is 9.90 Å². The van der Waals surface area contributed by atoms with Gasteiger partial charge in [0.25, 0.3) is 0 Å². The van der Waals surface area contributed by atoms with E-state index in [-0.39, 0.29) is 17.2 Å². The van der Waals surface area contributed by atoms with Crippen molar-refractivity contribution in [2.75, 3.05) is 0 Å². The Kier molecular flexibility index (Phi) is 6.42. The van der Waals surface area contributed by atoms with Crippen LogP contribution >= 0.6 is 22.9 Å². The maximum Gasteiger partial charge on any atom is 0.134 e. The summed E-state index contributed by atoms with van der Waals surface area (Å²) in [6, 6.07) is 14.5. The van der Waals surface area contributed by atoms with Crippen molar-refractivity contribution in [3.63, 3.8) is 0 Å². The highest BCUT2D eigenvalue weighted by molar-refractivity contribution is 7.18. The van der Waals surface area contributed by atoms with E-state index in [2.05, 4.69) is 24.3 Å². The molecular weight excluding hydrogens is 416 g/mol. The number of carbonyl (C=O) groups excluding carboxylic acids is 1. The van der Waals surface area contributed by atoms with E-state index in [0.29, 0.717) is 12.1 Å². The first-order valence-electron chi connectivity index (χ1n) is 10.5. The zero-order chi connectivity index (χ0) is 21.3. The van der Waals surface area contributed by atoms with Gasteiger partial charge in [0, 0.05) is 11.3 Å². The number of benzene rings is 1. The lowest BCUT2D eigenvalue weighted by molar-refractivity contribution is -0.116. The summed E-state index contributed by atoms with van der Waals surface area (Å²) in [6.07, 6.45) is 4.14. The summed E-state index contributed by atoms with van der Waals surface area (Å²) in [4.78, 5) is 13.7. The molecule has 3 unspecified atom stereocenters. The number of nitrogens with zero attached hydrogens (tertiary/aromatic N) is 2. The Bertz CT molecular complexity index is 1040. The number of thiophene rings is 1. The third-order valence-electron chi connectivity index (χ3n) is 5.67. The van der Waals surface area contributed by atoms with Gasteiger partial charge in [0.2, 0.25) is 0 Å². The lowest BCUT2D eigenvalue weighted by atomic mass is 9.95. The Morgan fingerprint density at radius 2 is 2.00 bits per heavy atom. The fraction of sp³-hybridized carbons (Fsp3) is 0.417. The van der Waals surface area contributed by atoms with Crippen molar-refractivity contribution >= 4 is 28.7 Å². The number of alkyl halides is 1. The van der Waals surface area contributed by atoms with E-state index >= 15 is 0 Å². The van der Waals surface area contributed by atoms with Crippen LogP contribution in [0.4, 0.5) is 0 Å². The van der Waals surface area contributed by atoms with Gasteiger partial charge in [-0.25, -0.2) is 0 Å². The number of aliphatic hydroxyl groups excluding tert-OH is 1. The standard InChI is InChI=1S/C24H27ClN2O2S/c1-15(28)12-17-6-5-7-18(13-17)23-10-11-24(30-23)22-14-20(16(2)29)26-27(22)21-9-4-3-8-19(21)25/h5-7,10-11,13-14,16,19,21,29H,3-4,8-9,12H2,1-2H3. The number of halogens is 1. The molecule has 4 rings (SSSR count). The van der Waals surface area contributed by atoms with Gasteiger partial charge < -0.3 is 5.11 Å². The quantitative estimate of drug-likeness (QED) is 0.463. The Morgan fingerprint density at radius 1 is 1.23 bits per heavy atom. The van der Waals surface area contributed by atoms with Gasteiger partial charge in [-0.05, 0) is 62.1 Å². The van der Waals surface area contributed by atoms with Crippen LogP contribution in [0, 0.1) is 0 Å². The predicted octanol–water partition coefficient (Wildman–Crippen LogP) is 6.19. The molecule has 6 heteroatoms. The first-order chi connectivity index (χ1) is 14.4. The second-order valence-corrected chi connectivity index (χ2v) is 9.83. The van der Waals surface area contributed by atoms with E-state index in [1.807, 2.05) is 22.9 Å². The molecule has 2 heterocycles. The number of aromatic nitrogens is 2. The SMILES string of the molecule is CC(=O)Cc1cccc(-c2ccc(-c3cc(C(C)O)nn3C3CCCCC3Cl)s2)c1. The first kappa shape index (κ1) is 21.3. The van der Waals surface area contributed by atoms with Crippen LogP contribution in [0.1, 0.15) is 62.9 Å². The van der Waals surface area contributed by atoms with Gasteiger partial charge in [-0.15, -0.1) is 22.9 Å². The van der Waals surface area contributed by atoms with Crippen LogP contribution in [0.2, 0.25) is 0 Å². The highest BCUT2D eigenvalue weighted by atomic mass is 35.5. The molecule has 30 heavy (non-hydrogen) atoms. The summed E-state index contributed by atoms with van der Waals surface area (Å²) in [5, 5.41) is 14.9. The van der Waals surface area contributed by atoms with Crippen LogP contribution in [0.15, 0.2) is 42.5 Å². The van der Waals surface area contributed by atoms with Crippen molar-refractivity contribution in [1.29, 1.82) is 0 Å². The molecule has 0 amide bonds. The summed E-state index contributed by atoms with van der Waals surface area (Å²) in [7, 11) is 0. The number of carbonyl (C=O) groups is 1. The van der Waals surface area contributed by atoms with E-state index in [0.717, 1.165) is 52.3 Å². The van der Waals surface area contributed by atoms with Crippen molar-refractivity contribution in [2.45, 2.75) is 63.5 Å². The molecule has 0 radical (unpaired) electrons. The minimum Gasteiger partial charge on any atom is -0.387 e. The molecule has 4 nitrogen and oxygen atoms in total. The highest BCUT2D eigenvalue weighted by Crippen LogP contribution is 2.40. The minimum absolute atomic E-state index is 0.0574. The molecule has 2 aromatic heterocycles. The normalized spacial score (nSPS) is 20.3. The lowest BCUT2D eigenvalue weighted by Crippen LogP contribution is -2.25. The highest BCUT2D eigenvalue weighted by Gasteiger charge is 2.29. The first-order valence-corrected chi connectivity index (χ1v) is 11.8. The van der Waals surface area contributed by atoms with Gasteiger partial charge in [-0.3, -0.25) is 9.48 Å². The maximum atomic E-state index is 11.5. The molecule has 1 aliphatic rings. The van der Waals surface area contributed by atoms with E-state index < -0.39 is 6.10 Å². The van der Waals surface area contributed by atoms with Crippen molar-refractivity contribution in [3.8, 4) is 21.0 Å². The molecule has 158 valence electrons. The van der Waals surface area contributed by atoms with Gasteiger partial charge in [0.1, 0.15) is 5.78 Å². The minimum atomic E-state index is -0.620. The van der Waals surface area contributed by atoms with Crippen molar-refractivity contribution in [2.24, 2.45) is 0 Å². The second kappa shape index (κ2) is 9.04. The second-order valence-electron chi connectivity index (χ2n) is 8.19. The average molecular weight is 443 g/mol. The number of aliphatic hydroxyl groups is 1. The molecule has 0 saturated heterocycles. The van der Waals surface area contributed by atoms with Gasteiger partial charge in [-0.1, -0.05) is 31.0 Å². The van der Waals surface area contributed by atoms with Gasteiger partial charge in [0.05, 0.1) is 33.8 Å². The smallest absolute Gasteiger partial charge is 0.134 e. The molecule has 1 saturated carbocycles. The number of hydrogen-bond acceptors (Lipinski definition) is 4. The summed E-state index contributed by atoms with van der Waals surface area (Å²) < 4.78 is 2.04. The largest absolute Gasteiger partial charge is 0.387 e. The fourth-order valence-electron chi connectivity index (χ4n) is 4.15. The monoisotopic (exact) mass is 442 g/mol. The van der Waals surface area contributed by atoms with Crippen LogP contribution in [0.3, 0.4) is 0 Å². The van der Waals surface area contributed by atoms with Crippen molar-refractivity contribution in [1.82, 2.24) is 9.78 Å². The number of ketones is 1. The number of Topliss-reactive ketones (excluding diaryl/α,β-unsaturated/α-hetero) is 1. The molecule has 3 atom stereocenters. The Balaban J connectivity index is 1.70. The van der Waals surface area contributed by atoms with Crippen LogP contribution in [-0.2, 0) is 11.2 Å². The molecule has 0 spiro atoms. The molecule has 1 aliphatic carbocycles.